The van der Waals surface area contributed by atoms with Crippen LogP contribution in [0.15, 0.2) is 0 Å². The molecule has 0 spiro atoms. The van der Waals surface area contributed by atoms with Gasteiger partial charge in [-0.2, -0.15) is 0 Å². The summed E-state index contributed by atoms with van der Waals surface area (Å²) >= 11 is 0. The van der Waals surface area contributed by atoms with Crippen molar-refractivity contribution >= 4 is 5.97 Å². The van der Waals surface area contributed by atoms with Gasteiger partial charge in [-0.25, -0.2) is 0 Å². The van der Waals surface area contributed by atoms with Gasteiger partial charge >= 0.3 is 5.97 Å². The summed E-state index contributed by atoms with van der Waals surface area (Å²) in [4.78, 5) is 11.5. The number of hydrogen-bond donors (Lipinski definition) is 1. The van der Waals surface area contributed by atoms with Crippen LogP contribution in [0.2, 0.25) is 0 Å². The van der Waals surface area contributed by atoms with E-state index in [1.807, 2.05) is 13.8 Å². The molecule has 1 rings (SSSR count). The molecule has 1 heterocycles. The number of hydrogen-bond acceptors (Lipinski definition) is 3. The number of carbonyl (C=O) groups is 1. The van der Waals surface area contributed by atoms with E-state index >= 15 is 0 Å². The molecule has 1 fully saturated rings. The van der Waals surface area contributed by atoms with Crippen LogP contribution in [0, 0.1) is 5.92 Å². The number of nitrogens with one attached hydrogen (secondary N) is 1. The minimum atomic E-state index is -0.0943. The van der Waals surface area contributed by atoms with E-state index in [0.717, 1.165) is 12.8 Å². The van der Waals surface area contributed by atoms with Gasteiger partial charge in [0.05, 0.1) is 6.10 Å². The predicted molar refractivity (Wildman–Crippen MR) is 56.0 cm³/mol. The quantitative estimate of drug-likeness (QED) is 0.703. The second kappa shape index (κ2) is 4.78. The Labute approximate surface area is 86.2 Å². The van der Waals surface area contributed by atoms with Gasteiger partial charge in [-0.15, -0.1) is 0 Å². The summed E-state index contributed by atoms with van der Waals surface area (Å²) < 4.78 is 5.16. The Morgan fingerprint density at radius 1 is 1.29 bits per heavy atom. The Morgan fingerprint density at radius 2 is 1.93 bits per heavy atom. The summed E-state index contributed by atoms with van der Waals surface area (Å²) in [5.74, 6) is 0.495. The monoisotopic (exact) mass is 199 g/mol. The largest absolute Gasteiger partial charge is 0.462 e. The van der Waals surface area contributed by atoms with Crippen molar-refractivity contribution in [2.24, 2.45) is 5.92 Å². The van der Waals surface area contributed by atoms with E-state index in [9.17, 15) is 4.79 Å². The summed E-state index contributed by atoms with van der Waals surface area (Å²) in [6, 6.07) is 0.393. The maximum atomic E-state index is 11.5. The van der Waals surface area contributed by atoms with Crippen LogP contribution in [0.5, 0.6) is 0 Å². The van der Waals surface area contributed by atoms with Crippen LogP contribution in [-0.4, -0.2) is 24.2 Å². The fourth-order valence-corrected chi connectivity index (χ4v) is 1.80. The molecule has 0 saturated carbocycles. The van der Waals surface area contributed by atoms with Gasteiger partial charge < -0.3 is 10.1 Å². The lowest BCUT2D eigenvalue weighted by Crippen LogP contribution is -2.39. The summed E-state index contributed by atoms with van der Waals surface area (Å²) in [6.45, 7) is 8.11. The van der Waals surface area contributed by atoms with Gasteiger partial charge in [-0.3, -0.25) is 4.79 Å². The Kier molecular flexibility index (Phi) is 3.93. The van der Waals surface area contributed by atoms with Crippen LogP contribution in [0.25, 0.3) is 0 Å². The highest BCUT2D eigenvalue weighted by atomic mass is 16.5. The van der Waals surface area contributed by atoms with Gasteiger partial charge in [0.25, 0.3) is 0 Å². The molecule has 82 valence electrons. The maximum absolute atomic E-state index is 11.5. The summed E-state index contributed by atoms with van der Waals surface area (Å²) in [5.41, 5.74) is 0. The normalized spacial score (nSPS) is 27.3. The third kappa shape index (κ3) is 2.98. The van der Waals surface area contributed by atoms with Gasteiger partial charge in [0, 0.05) is 6.04 Å². The minimum absolute atomic E-state index is 0.0117. The fraction of sp³-hybridized carbons (Fsp3) is 0.909. The van der Waals surface area contributed by atoms with Crippen LogP contribution in [-0.2, 0) is 9.53 Å². The molecule has 1 aliphatic heterocycles. The second-order valence-corrected chi connectivity index (χ2v) is 4.63. The zero-order valence-electron chi connectivity index (χ0n) is 9.54. The predicted octanol–water partition coefficient (Wildman–Crippen LogP) is 1.71. The first-order valence-electron chi connectivity index (χ1n) is 5.47. The molecule has 3 heteroatoms. The highest BCUT2D eigenvalue weighted by molar-refractivity contribution is 5.76. The fourth-order valence-electron chi connectivity index (χ4n) is 1.80. The van der Waals surface area contributed by atoms with Crippen molar-refractivity contribution in [3.05, 3.63) is 0 Å². The summed E-state index contributed by atoms with van der Waals surface area (Å²) in [5, 5.41) is 3.32. The van der Waals surface area contributed by atoms with Gasteiger partial charge in [-0.05, 0) is 32.6 Å². The van der Waals surface area contributed by atoms with Crippen LogP contribution in [0.4, 0.5) is 0 Å². The summed E-state index contributed by atoms with van der Waals surface area (Å²) in [7, 11) is 0. The van der Waals surface area contributed by atoms with E-state index in [0.29, 0.717) is 12.0 Å². The Hall–Kier alpha value is -0.570. The molecule has 0 aromatic rings. The van der Waals surface area contributed by atoms with Gasteiger partial charge in [0.1, 0.15) is 6.04 Å². The average Bonchev–Trinajstić information content (AvgIpc) is 2.50. The van der Waals surface area contributed by atoms with Crippen molar-refractivity contribution in [3.63, 3.8) is 0 Å². The van der Waals surface area contributed by atoms with Crippen molar-refractivity contribution in [3.8, 4) is 0 Å². The molecule has 1 N–H and O–H groups in total. The van der Waals surface area contributed by atoms with E-state index in [1.54, 1.807) is 0 Å². The molecular formula is C11H21NO2. The lowest BCUT2D eigenvalue weighted by atomic mass is 10.0. The molecule has 2 unspecified atom stereocenters. The molecule has 0 aromatic carbocycles. The van der Waals surface area contributed by atoms with E-state index in [4.69, 9.17) is 4.74 Å². The van der Waals surface area contributed by atoms with Crippen molar-refractivity contribution in [1.29, 1.82) is 0 Å². The van der Waals surface area contributed by atoms with Crippen molar-refractivity contribution in [1.82, 2.24) is 5.32 Å². The lowest BCUT2D eigenvalue weighted by molar-refractivity contribution is -0.149. The number of ether oxygens (including phenoxy) is 1. The number of esters is 1. The van der Waals surface area contributed by atoms with Crippen LogP contribution < -0.4 is 5.32 Å². The standard InChI is InChI=1S/C11H21NO2/c1-7(2)9-5-6-10(12-9)11(13)14-8(3)4/h7-10,12H,5-6H2,1-4H3. The molecule has 14 heavy (non-hydrogen) atoms. The molecular weight excluding hydrogens is 178 g/mol. The van der Waals surface area contributed by atoms with Gasteiger partial charge in [-0.1, -0.05) is 13.8 Å². The molecule has 0 aromatic heterocycles. The van der Waals surface area contributed by atoms with Gasteiger partial charge in [0.15, 0.2) is 0 Å². The smallest absolute Gasteiger partial charge is 0.323 e. The maximum Gasteiger partial charge on any atom is 0.323 e. The Bertz CT molecular complexity index is 201. The topological polar surface area (TPSA) is 38.3 Å². The molecule has 2 atom stereocenters. The van der Waals surface area contributed by atoms with E-state index < -0.39 is 0 Å². The Morgan fingerprint density at radius 3 is 2.36 bits per heavy atom. The first-order chi connectivity index (χ1) is 6.50. The van der Waals surface area contributed by atoms with Crippen molar-refractivity contribution in [2.45, 2.75) is 58.7 Å². The molecule has 1 aliphatic rings. The van der Waals surface area contributed by atoms with E-state index in [-0.39, 0.29) is 18.1 Å². The lowest BCUT2D eigenvalue weighted by Gasteiger charge is -2.17. The summed E-state index contributed by atoms with van der Waals surface area (Å²) in [6.07, 6.45) is 1.98. The molecule has 0 amide bonds. The highest BCUT2D eigenvalue weighted by Gasteiger charge is 2.31. The van der Waals surface area contributed by atoms with Gasteiger partial charge in [0.2, 0.25) is 0 Å². The Balaban J connectivity index is 2.38. The van der Waals surface area contributed by atoms with Crippen LogP contribution in [0.1, 0.15) is 40.5 Å². The van der Waals surface area contributed by atoms with Crippen LogP contribution >= 0.6 is 0 Å². The molecule has 3 nitrogen and oxygen atoms in total. The zero-order chi connectivity index (χ0) is 10.7. The highest BCUT2D eigenvalue weighted by Crippen LogP contribution is 2.19. The second-order valence-electron chi connectivity index (χ2n) is 4.63. The minimum Gasteiger partial charge on any atom is -0.462 e. The van der Waals surface area contributed by atoms with Crippen molar-refractivity contribution < 1.29 is 9.53 Å². The molecule has 1 saturated heterocycles. The molecule has 0 bridgehead atoms. The van der Waals surface area contributed by atoms with E-state index in [1.165, 1.54) is 0 Å². The average molecular weight is 199 g/mol. The first-order valence-corrected chi connectivity index (χ1v) is 5.47. The van der Waals surface area contributed by atoms with Crippen molar-refractivity contribution in [2.75, 3.05) is 0 Å². The number of rotatable bonds is 3. The first kappa shape index (κ1) is 11.5. The SMILES string of the molecule is CC(C)OC(=O)C1CCC(C(C)C)N1. The third-order valence-electron chi connectivity index (χ3n) is 2.62. The molecule has 0 aliphatic carbocycles. The van der Waals surface area contributed by atoms with Crippen LogP contribution in [0.3, 0.4) is 0 Å². The van der Waals surface area contributed by atoms with E-state index in [2.05, 4.69) is 19.2 Å². The zero-order valence-corrected chi connectivity index (χ0v) is 9.54. The molecule has 0 radical (unpaired) electrons. The number of carbonyl (C=O) groups excluding carboxylic acids is 1. The third-order valence-corrected chi connectivity index (χ3v) is 2.62.